The molecule has 1 aromatic carbocycles. The molecule has 3 rings (SSSR count). The van der Waals surface area contributed by atoms with Crippen molar-refractivity contribution in [2.45, 2.75) is 33.1 Å². The fourth-order valence-corrected chi connectivity index (χ4v) is 3.73. The van der Waals surface area contributed by atoms with Crippen molar-refractivity contribution < 1.29 is 14.3 Å². The quantitative estimate of drug-likeness (QED) is 0.752. The fourth-order valence-electron chi connectivity index (χ4n) is 3.56. The number of H-pyrrole nitrogens is 1. The summed E-state index contributed by atoms with van der Waals surface area (Å²) in [6.07, 6.45) is 2.86. The molecule has 1 amide bonds. The normalized spacial score (nSPS) is 13.7. The summed E-state index contributed by atoms with van der Waals surface area (Å²) < 4.78 is 4.86. The first-order chi connectivity index (χ1) is 13.0. The van der Waals surface area contributed by atoms with Gasteiger partial charge in [0.05, 0.1) is 24.0 Å². The SMILES string of the molecule is CCc1[nH]c(C(=O)Nc2cc(Cl)ccc2N2CCCC2)c(C)c1C(=O)OC. The number of nitrogens with one attached hydrogen (secondary N) is 2. The highest BCUT2D eigenvalue weighted by molar-refractivity contribution is 6.31. The Morgan fingerprint density at radius 1 is 1.30 bits per heavy atom. The smallest absolute Gasteiger partial charge is 0.339 e. The zero-order valence-electron chi connectivity index (χ0n) is 15.8. The average molecular weight is 390 g/mol. The Kier molecular flexibility index (Phi) is 5.75. The summed E-state index contributed by atoms with van der Waals surface area (Å²) in [6, 6.07) is 5.52. The van der Waals surface area contributed by atoms with Crippen LogP contribution in [0.4, 0.5) is 11.4 Å². The molecule has 144 valence electrons. The van der Waals surface area contributed by atoms with Gasteiger partial charge in [-0.15, -0.1) is 0 Å². The number of carbonyl (C=O) groups excluding carboxylic acids is 2. The number of esters is 1. The number of aryl methyl sites for hydroxylation is 1. The zero-order chi connectivity index (χ0) is 19.6. The highest BCUT2D eigenvalue weighted by Crippen LogP contribution is 2.32. The van der Waals surface area contributed by atoms with E-state index in [0.717, 1.165) is 31.6 Å². The van der Waals surface area contributed by atoms with Crippen LogP contribution in [0.15, 0.2) is 18.2 Å². The number of halogens is 1. The summed E-state index contributed by atoms with van der Waals surface area (Å²) in [5, 5.41) is 3.51. The van der Waals surface area contributed by atoms with Crippen molar-refractivity contribution in [3.05, 3.63) is 45.7 Å². The lowest BCUT2D eigenvalue weighted by atomic mass is 10.1. The lowest BCUT2D eigenvalue weighted by Crippen LogP contribution is -2.21. The topological polar surface area (TPSA) is 74.4 Å². The van der Waals surface area contributed by atoms with Crippen LogP contribution in [0.25, 0.3) is 0 Å². The van der Waals surface area contributed by atoms with Gasteiger partial charge in [0, 0.05) is 23.8 Å². The number of aromatic nitrogens is 1. The molecule has 1 saturated heterocycles. The first-order valence-electron chi connectivity index (χ1n) is 9.11. The maximum absolute atomic E-state index is 12.9. The van der Waals surface area contributed by atoms with E-state index >= 15 is 0 Å². The molecule has 0 spiro atoms. The third-order valence-corrected chi connectivity index (χ3v) is 5.19. The van der Waals surface area contributed by atoms with E-state index in [4.69, 9.17) is 16.3 Å². The van der Waals surface area contributed by atoms with E-state index in [-0.39, 0.29) is 5.91 Å². The van der Waals surface area contributed by atoms with Gasteiger partial charge in [-0.25, -0.2) is 4.79 Å². The number of aromatic amines is 1. The van der Waals surface area contributed by atoms with Gasteiger partial charge in [-0.05, 0) is 49.9 Å². The molecule has 7 heteroatoms. The van der Waals surface area contributed by atoms with Crippen molar-refractivity contribution >= 4 is 34.9 Å². The Labute approximate surface area is 163 Å². The first kappa shape index (κ1) is 19.3. The molecule has 0 saturated carbocycles. The molecule has 2 aromatic rings. The Morgan fingerprint density at radius 3 is 2.63 bits per heavy atom. The van der Waals surface area contributed by atoms with Crippen molar-refractivity contribution in [2.24, 2.45) is 0 Å². The number of methoxy groups -OCH3 is 1. The molecule has 0 unspecified atom stereocenters. The molecule has 1 fully saturated rings. The van der Waals surface area contributed by atoms with Crippen LogP contribution in [0, 0.1) is 6.92 Å². The minimum absolute atomic E-state index is 0.305. The Balaban J connectivity index is 1.93. The van der Waals surface area contributed by atoms with Crippen molar-refractivity contribution in [2.75, 3.05) is 30.4 Å². The number of benzene rings is 1. The van der Waals surface area contributed by atoms with E-state index < -0.39 is 5.97 Å². The summed E-state index contributed by atoms with van der Waals surface area (Å²) in [5.41, 5.74) is 3.69. The van der Waals surface area contributed by atoms with E-state index in [9.17, 15) is 9.59 Å². The Morgan fingerprint density at radius 2 is 2.00 bits per heavy atom. The number of nitrogens with zero attached hydrogens (tertiary/aromatic N) is 1. The van der Waals surface area contributed by atoms with Crippen molar-refractivity contribution in [3.63, 3.8) is 0 Å². The van der Waals surface area contributed by atoms with Gasteiger partial charge in [0.2, 0.25) is 0 Å². The lowest BCUT2D eigenvalue weighted by molar-refractivity contribution is 0.0599. The highest BCUT2D eigenvalue weighted by atomic mass is 35.5. The molecule has 2 N–H and O–H groups in total. The highest BCUT2D eigenvalue weighted by Gasteiger charge is 2.25. The molecule has 0 aliphatic carbocycles. The first-order valence-corrected chi connectivity index (χ1v) is 9.49. The Hall–Kier alpha value is -2.47. The zero-order valence-corrected chi connectivity index (χ0v) is 16.6. The largest absolute Gasteiger partial charge is 0.465 e. The molecular weight excluding hydrogens is 366 g/mol. The number of amides is 1. The maximum Gasteiger partial charge on any atom is 0.339 e. The van der Waals surface area contributed by atoms with Gasteiger partial charge in [-0.3, -0.25) is 4.79 Å². The number of carbonyl (C=O) groups is 2. The number of anilines is 2. The van der Waals surface area contributed by atoms with Crippen molar-refractivity contribution in [3.8, 4) is 0 Å². The van der Waals surface area contributed by atoms with Crippen LogP contribution in [0.3, 0.4) is 0 Å². The number of hydrogen-bond donors (Lipinski definition) is 2. The molecule has 27 heavy (non-hydrogen) atoms. The van der Waals surface area contributed by atoms with E-state index in [1.165, 1.54) is 7.11 Å². The third kappa shape index (κ3) is 3.81. The van der Waals surface area contributed by atoms with Gasteiger partial charge >= 0.3 is 5.97 Å². The van der Waals surface area contributed by atoms with E-state index in [1.807, 2.05) is 19.1 Å². The van der Waals surface area contributed by atoms with E-state index in [1.54, 1.807) is 13.0 Å². The predicted molar refractivity (Wildman–Crippen MR) is 107 cm³/mol. The predicted octanol–water partition coefficient (Wildman–Crippen LogP) is 4.18. The van der Waals surface area contributed by atoms with Crippen LogP contribution in [0.2, 0.25) is 5.02 Å². The summed E-state index contributed by atoms with van der Waals surface area (Å²) in [6.45, 7) is 5.58. The molecule has 1 aromatic heterocycles. The summed E-state index contributed by atoms with van der Waals surface area (Å²) >= 11 is 6.16. The van der Waals surface area contributed by atoms with Crippen molar-refractivity contribution in [1.82, 2.24) is 4.98 Å². The van der Waals surface area contributed by atoms with Gasteiger partial charge < -0.3 is 19.9 Å². The molecule has 6 nitrogen and oxygen atoms in total. The van der Waals surface area contributed by atoms with Crippen molar-refractivity contribution in [1.29, 1.82) is 0 Å². The van der Waals surface area contributed by atoms with Crippen LogP contribution >= 0.6 is 11.6 Å². The molecule has 0 radical (unpaired) electrons. The second-order valence-electron chi connectivity index (χ2n) is 6.63. The number of ether oxygens (including phenoxy) is 1. The van der Waals surface area contributed by atoms with Crippen LogP contribution in [-0.2, 0) is 11.2 Å². The van der Waals surface area contributed by atoms with Gasteiger partial charge in [0.25, 0.3) is 5.91 Å². The van der Waals surface area contributed by atoms with Gasteiger partial charge in [-0.1, -0.05) is 18.5 Å². The van der Waals surface area contributed by atoms with Crippen LogP contribution < -0.4 is 10.2 Å². The molecule has 2 heterocycles. The van der Waals surface area contributed by atoms with E-state index in [2.05, 4.69) is 15.2 Å². The summed E-state index contributed by atoms with van der Waals surface area (Å²) in [4.78, 5) is 30.4. The average Bonchev–Trinajstić information content (AvgIpc) is 3.29. The third-order valence-electron chi connectivity index (χ3n) is 4.95. The molecule has 1 aliphatic rings. The van der Waals surface area contributed by atoms with Gasteiger partial charge in [0.15, 0.2) is 0 Å². The molecule has 0 atom stereocenters. The maximum atomic E-state index is 12.9. The number of rotatable bonds is 5. The minimum Gasteiger partial charge on any atom is -0.465 e. The van der Waals surface area contributed by atoms with Crippen LogP contribution in [-0.4, -0.2) is 37.1 Å². The molecule has 0 bridgehead atoms. The summed E-state index contributed by atoms with van der Waals surface area (Å²) in [5.74, 6) is -0.750. The fraction of sp³-hybridized carbons (Fsp3) is 0.400. The second kappa shape index (κ2) is 8.05. The van der Waals surface area contributed by atoms with Crippen LogP contribution in [0.5, 0.6) is 0 Å². The summed E-state index contributed by atoms with van der Waals surface area (Å²) in [7, 11) is 1.34. The lowest BCUT2D eigenvalue weighted by Gasteiger charge is -2.21. The van der Waals surface area contributed by atoms with Gasteiger partial charge in [0.1, 0.15) is 5.69 Å². The molecular formula is C20H24ClN3O3. The monoisotopic (exact) mass is 389 g/mol. The number of hydrogen-bond acceptors (Lipinski definition) is 4. The van der Waals surface area contributed by atoms with Crippen LogP contribution in [0.1, 0.15) is 51.9 Å². The standard InChI is InChI=1S/C20H24ClN3O3/c1-4-14-17(20(26)27-3)12(2)18(22-14)19(25)23-15-11-13(21)7-8-16(15)24-9-5-6-10-24/h7-8,11,22H,4-6,9-10H2,1-3H3,(H,23,25). The van der Waals surface area contributed by atoms with Gasteiger partial charge in [-0.2, -0.15) is 0 Å². The second-order valence-corrected chi connectivity index (χ2v) is 7.07. The Bertz CT molecular complexity index is 870. The minimum atomic E-state index is -0.444. The van der Waals surface area contributed by atoms with E-state index in [0.29, 0.717) is 39.6 Å². The molecule has 1 aliphatic heterocycles.